The summed E-state index contributed by atoms with van der Waals surface area (Å²) in [5.74, 6) is 0.182. The summed E-state index contributed by atoms with van der Waals surface area (Å²) in [6.45, 7) is 4.15. The van der Waals surface area contributed by atoms with Crippen molar-refractivity contribution >= 4 is 22.6 Å². The molecule has 0 radical (unpaired) electrons. The Bertz CT molecular complexity index is 290. The first-order valence-corrected chi connectivity index (χ1v) is 7.45. The van der Waals surface area contributed by atoms with Crippen molar-refractivity contribution in [2.75, 3.05) is 26.2 Å². The average Bonchev–Trinajstić information content (AvgIpc) is 2.54. The fourth-order valence-corrected chi connectivity index (χ4v) is 3.12. The third-order valence-electron chi connectivity index (χ3n) is 2.92. The van der Waals surface area contributed by atoms with Crippen molar-refractivity contribution in [3.8, 4) is 0 Å². The molecule has 1 aliphatic heterocycles. The first kappa shape index (κ1) is 17.1. The van der Waals surface area contributed by atoms with Gasteiger partial charge in [-0.05, 0) is 25.3 Å². The lowest BCUT2D eigenvalue weighted by molar-refractivity contribution is 0.410. The SMILES string of the molecule is CC(CN)CNS(=O)(=O)N1CCCCCC1.Cl. The smallest absolute Gasteiger partial charge is 0.279 e. The molecular weight excluding hydrogens is 262 g/mol. The van der Waals surface area contributed by atoms with Crippen LogP contribution in [0.4, 0.5) is 0 Å². The molecule has 0 aromatic carbocycles. The van der Waals surface area contributed by atoms with E-state index in [1.807, 2.05) is 6.92 Å². The van der Waals surface area contributed by atoms with Crippen LogP contribution >= 0.6 is 12.4 Å². The van der Waals surface area contributed by atoms with Gasteiger partial charge in [-0.1, -0.05) is 19.8 Å². The second kappa shape index (κ2) is 8.26. The fourth-order valence-electron chi connectivity index (χ4n) is 1.70. The monoisotopic (exact) mass is 285 g/mol. The van der Waals surface area contributed by atoms with Gasteiger partial charge >= 0.3 is 0 Å². The molecule has 1 heterocycles. The summed E-state index contributed by atoms with van der Waals surface area (Å²) in [5, 5.41) is 0. The molecule has 1 rings (SSSR count). The zero-order valence-corrected chi connectivity index (χ0v) is 12.0. The minimum absolute atomic E-state index is 0. The normalized spacial score (nSPS) is 20.4. The van der Waals surface area contributed by atoms with Crippen LogP contribution in [-0.2, 0) is 10.2 Å². The number of nitrogens with one attached hydrogen (secondary N) is 1. The Kier molecular flexibility index (Phi) is 8.32. The number of nitrogens with zero attached hydrogens (tertiary/aromatic N) is 1. The van der Waals surface area contributed by atoms with Gasteiger partial charge in [-0.15, -0.1) is 12.4 Å². The summed E-state index contributed by atoms with van der Waals surface area (Å²) in [6.07, 6.45) is 4.19. The molecule has 0 amide bonds. The Labute approximate surface area is 111 Å². The highest BCUT2D eigenvalue weighted by molar-refractivity contribution is 7.87. The molecule has 1 saturated heterocycles. The first-order valence-electron chi connectivity index (χ1n) is 6.01. The molecule has 0 aliphatic carbocycles. The highest BCUT2D eigenvalue weighted by Crippen LogP contribution is 2.12. The molecule has 0 bridgehead atoms. The van der Waals surface area contributed by atoms with Crippen molar-refractivity contribution in [3.05, 3.63) is 0 Å². The second-order valence-electron chi connectivity index (χ2n) is 4.51. The van der Waals surface area contributed by atoms with Gasteiger partial charge in [0.15, 0.2) is 0 Å². The maximum atomic E-state index is 11.9. The van der Waals surface area contributed by atoms with E-state index in [9.17, 15) is 8.42 Å². The molecular formula is C10H24ClN3O2S. The predicted octanol–water partition coefficient (Wildman–Crippen LogP) is 0.713. The molecule has 17 heavy (non-hydrogen) atoms. The molecule has 5 nitrogen and oxygen atoms in total. The quantitative estimate of drug-likeness (QED) is 0.781. The van der Waals surface area contributed by atoms with Crippen LogP contribution in [0.1, 0.15) is 32.6 Å². The van der Waals surface area contributed by atoms with Crippen molar-refractivity contribution in [1.29, 1.82) is 0 Å². The summed E-state index contributed by atoms with van der Waals surface area (Å²) >= 11 is 0. The Morgan fingerprint density at radius 3 is 2.24 bits per heavy atom. The lowest BCUT2D eigenvalue weighted by Gasteiger charge is -2.21. The zero-order valence-electron chi connectivity index (χ0n) is 10.4. The van der Waals surface area contributed by atoms with E-state index in [1.54, 1.807) is 4.31 Å². The molecule has 7 heteroatoms. The van der Waals surface area contributed by atoms with E-state index in [-0.39, 0.29) is 18.3 Å². The molecule has 1 fully saturated rings. The van der Waals surface area contributed by atoms with Gasteiger partial charge in [0.2, 0.25) is 0 Å². The van der Waals surface area contributed by atoms with Crippen molar-refractivity contribution in [2.45, 2.75) is 32.6 Å². The van der Waals surface area contributed by atoms with Crippen LogP contribution in [-0.4, -0.2) is 38.9 Å². The molecule has 0 saturated carbocycles. The second-order valence-corrected chi connectivity index (χ2v) is 6.26. The van der Waals surface area contributed by atoms with Gasteiger partial charge in [0, 0.05) is 19.6 Å². The number of hydrogen-bond donors (Lipinski definition) is 2. The molecule has 0 aromatic heterocycles. The first-order chi connectivity index (χ1) is 7.56. The highest BCUT2D eigenvalue weighted by Gasteiger charge is 2.22. The summed E-state index contributed by atoms with van der Waals surface area (Å²) in [4.78, 5) is 0. The molecule has 0 spiro atoms. The lowest BCUT2D eigenvalue weighted by Crippen LogP contribution is -2.43. The van der Waals surface area contributed by atoms with Gasteiger partial charge < -0.3 is 5.73 Å². The van der Waals surface area contributed by atoms with Crippen LogP contribution < -0.4 is 10.5 Å². The third-order valence-corrected chi connectivity index (χ3v) is 4.50. The number of rotatable bonds is 5. The molecule has 0 aromatic rings. The topological polar surface area (TPSA) is 75.4 Å². The van der Waals surface area contributed by atoms with Crippen LogP contribution in [0, 0.1) is 5.92 Å². The van der Waals surface area contributed by atoms with Crippen molar-refractivity contribution in [3.63, 3.8) is 0 Å². The zero-order chi connectivity index (χ0) is 12.0. The van der Waals surface area contributed by atoms with Crippen LogP contribution in [0.15, 0.2) is 0 Å². The minimum atomic E-state index is -3.28. The van der Waals surface area contributed by atoms with E-state index in [4.69, 9.17) is 5.73 Å². The largest absolute Gasteiger partial charge is 0.330 e. The van der Waals surface area contributed by atoms with Gasteiger partial charge in [-0.2, -0.15) is 12.7 Å². The summed E-state index contributed by atoms with van der Waals surface area (Å²) in [5.41, 5.74) is 5.46. The van der Waals surface area contributed by atoms with Crippen molar-refractivity contribution in [1.82, 2.24) is 9.03 Å². The maximum absolute atomic E-state index is 11.9. The molecule has 104 valence electrons. The van der Waals surface area contributed by atoms with E-state index in [2.05, 4.69) is 4.72 Å². The van der Waals surface area contributed by atoms with Crippen LogP contribution in [0.25, 0.3) is 0 Å². The van der Waals surface area contributed by atoms with Crippen LogP contribution in [0.5, 0.6) is 0 Å². The summed E-state index contributed by atoms with van der Waals surface area (Å²) in [6, 6.07) is 0. The van der Waals surface area contributed by atoms with Gasteiger partial charge in [0.05, 0.1) is 0 Å². The Morgan fingerprint density at radius 1 is 1.24 bits per heavy atom. The Hall–Kier alpha value is 0.120. The van der Waals surface area contributed by atoms with E-state index in [1.165, 1.54) is 0 Å². The van der Waals surface area contributed by atoms with Gasteiger partial charge in [0.25, 0.3) is 10.2 Å². The van der Waals surface area contributed by atoms with E-state index < -0.39 is 10.2 Å². The van der Waals surface area contributed by atoms with E-state index >= 15 is 0 Å². The molecule has 1 atom stereocenters. The van der Waals surface area contributed by atoms with Gasteiger partial charge in [-0.3, -0.25) is 0 Å². The molecule has 1 unspecified atom stereocenters. The highest BCUT2D eigenvalue weighted by atomic mass is 35.5. The van der Waals surface area contributed by atoms with Crippen molar-refractivity contribution < 1.29 is 8.42 Å². The summed E-state index contributed by atoms with van der Waals surface area (Å²) in [7, 11) is -3.28. The Balaban J connectivity index is 0.00000256. The lowest BCUT2D eigenvalue weighted by atomic mass is 10.2. The van der Waals surface area contributed by atoms with E-state index in [0.29, 0.717) is 26.2 Å². The van der Waals surface area contributed by atoms with E-state index in [0.717, 1.165) is 25.7 Å². The number of nitrogens with two attached hydrogens (primary N) is 1. The number of hydrogen-bond acceptors (Lipinski definition) is 3. The summed E-state index contributed by atoms with van der Waals surface area (Å²) < 4.78 is 28.0. The molecule has 3 N–H and O–H groups in total. The Morgan fingerprint density at radius 2 is 1.76 bits per heavy atom. The number of halogens is 1. The molecule has 1 aliphatic rings. The van der Waals surface area contributed by atoms with Gasteiger partial charge in [-0.25, -0.2) is 4.72 Å². The fraction of sp³-hybridized carbons (Fsp3) is 1.00. The maximum Gasteiger partial charge on any atom is 0.279 e. The van der Waals surface area contributed by atoms with Gasteiger partial charge in [0.1, 0.15) is 0 Å². The third kappa shape index (κ3) is 6.01. The minimum Gasteiger partial charge on any atom is -0.330 e. The van der Waals surface area contributed by atoms with Crippen LogP contribution in [0.2, 0.25) is 0 Å². The standard InChI is InChI=1S/C10H23N3O2S.ClH/c1-10(8-11)9-12-16(14,15)13-6-4-2-3-5-7-13;/h10,12H,2-9,11H2,1H3;1H. The van der Waals surface area contributed by atoms with Crippen LogP contribution in [0.3, 0.4) is 0 Å². The average molecular weight is 286 g/mol. The predicted molar refractivity (Wildman–Crippen MR) is 72.4 cm³/mol. The van der Waals surface area contributed by atoms with Crippen molar-refractivity contribution in [2.24, 2.45) is 11.7 Å².